The van der Waals surface area contributed by atoms with Gasteiger partial charge in [-0.05, 0) is 24.1 Å². The number of benzene rings is 1. The minimum atomic E-state index is -0.569. The van der Waals surface area contributed by atoms with Crippen molar-refractivity contribution >= 4 is 5.69 Å². The fourth-order valence-electron chi connectivity index (χ4n) is 1.85. The molecule has 1 aromatic heterocycles. The SMILES string of the molecule is CCCNc1cnn(Cc2ccc(F)c(C#N)c2)c(=O)c1. The minimum Gasteiger partial charge on any atom is -0.384 e. The Bertz CT molecular complexity index is 733. The number of hydrogen-bond donors (Lipinski definition) is 1. The highest BCUT2D eigenvalue weighted by molar-refractivity contribution is 5.39. The summed E-state index contributed by atoms with van der Waals surface area (Å²) < 4.78 is 14.5. The lowest BCUT2D eigenvalue weighted by Gasteiger charge is -2.08. The normalized spacial score (nSPS) is 10.1. The average Bonchev–Trinajstić information content (AvgIpc) is 2.49. The third kappa shape index (κ3) is 3.66. The van der Waals surface area contributed by atoms with Gasteiger partial charge in [-0.1, -0.05) is 13.0 Å². The summed E-state index contributed by atoms with van der Waals surface area (Å²) in [4.78, 5) is 12.0. The van der Waals surface area contributed by atoms with E-state index in [-0.39, 0.29) is 17.7 Å². The van der Waals surface area contributed by atoms with Crippen LogP contribution in [-0.4, -0.2) is 16.3 Å². The smallest absolute Gasteiger partial charge is 0.269 e. The molecule has 0 amide bonds. The third-order valence-electron chi connectivity index (χ3n) is 2.93. The molecule has 108 valence electrons. The van der Waals surface area contributed by atoms with Gasteiger partial charge in [0.05, 0.1) is 24.0 Å². The summed E-state index contributed by atoms with van der Waals surface area (Å²) in [6.07, 6.45) is 2.53. The summed E-state index contributed by atoms with van der Waals surface area (Å²) in [7, 11) is 0. The second kappa shape index (κ2) is 6.66. The van der Waals surface area contributed by atoms with Crippen LogP contribution in [0.5, 0.6) is 0 Å². The van der Waals surface area contributed by atoms with Gasteiger partial charge in [0.1, 0.15) is 11.9 Å². The van der Waals surface area contributed by atoms with Gasteiger partial charge in [0.25, 0.3) is 5.56 Å². The number of hydrogen-bond acceptors (Lipinski definition) is 4. The van der Waals surface area contributed by atoms with Crippen LogP contribution >= 0.6 is 0 Å². The fraction of sp³-hybridized carbons (Fsp3) is 0.267. The zero-order valence-corrected chi connectivity index (χ0v) is 11.6. The molecule has 0 aliphatic carbocycles. The van der Waals surface area contributed by atoms with Crippen molar-refractivity contribution in [2.75, 3.05) is 11.9 Å². The largest absolute Gasteiger partial charge is 0.384 e. The van der Waals surface area contributed by atoms with Crippen molar-refractivity contribution in [1.82, 2.24) is 9.78 Å². The molecule has 0 spiro atoms. The molecule has 1 N–H and O–H groups in total. The fourth-order valence-corrected chi connectivity index (χ4v) is 1.85. The number of aromatic nitrogens is 2. The maximum Gasteiger partial charge on any atom is 0.269 e. The maximum atomic E-state index is 13.2. The molecule has 2 aromatic rings. The summed E-state index contributed by atoms with van der Waals surface area (Å²) >= 11 is 0. The molecule has 21 heavy (non-hydrogen) atoms. The first-order chi connectivity index (χ1) is 10.1. The zero-order valence-electron chi connectivity index (χ0n) is 11.6. The van der Waals surface area contributed by atoms with Gasteiger partial charge < -0.3 is 5.32 Å². The van der Waals surface area contributed by atoms with Crippen LogP contribution < -0.4 is 10.9 Å². The lowest BCUT2D eigenvalue weighted by Crippen LogP contribution is -2.23. The number of rotatable bonds is 5. The molecule has 0 atom stereocenters. The number of halogens is 1. The molecule has 0 radical (unpaired) electrons. The highest BCUT2D eigenvalue weighted by atomic mass is 19.1. The molecule has 6 heteroatoms. The molecule has 5 nitrogen and oxygen atoms in total. The summed E-state index contributed by atoms with van der Waals surface area (Å²) in [5.74, 6) is -0.569. The van der Waals surface area contributed by atoms with Crippen LogP contribution in [0.3, 0.4) is 0 Å². The molecule has 1 heterocycles. The highest BCUT2D eigenvalue weighted by Crippen LogP contribution is 2.10. The molecule has 0 saturated heterocycles. The van der Waals surface area contributed by atoms with E-state index in [1.807, 2.05) is 6.92 Å². The van der Waals surface area contributed by atoms with Crippen LogP contribution in [0, 0.1) is 17.1 Å². The van der Waals surface area contributed by atoms with E-state index < -0.39 is 5.82 Å². The van der Waals surface area contributed by atoms with E-state index in [2.05, 4.69) is 10.4 Å². The predicted molar refractivity (Wildman–Crippen MR) is 77.5 cm³/mol. The first kappa shape index (κ1) is 14.7. The molecule has 0 fully saturated rings. The standard InChI is InChI=1S/C15H15FN4O/c1-2-5-18-13-7-15(21)20(19-9-13)10-11-3-4-14(16)12(6-11)8-17/h3-4,6-7,9,18H,2,5,10H2,1H3. The second-order valence-corrected chi connectivity index (χ2v) is 4.59. The van der Waals surface area contributed by atoms with Crippen LogP contribution in [0.25, 0.3) is 0 Å². The van der Waals surface area contributed by atoms with Gasteiger partial charge >= 0.3 is 0 Å². The summed E-state index contributed by atoms with van der Waals surface area (Å²) in [6, 6.07) is 7.42. The van der Waals surface area contributed by atoms with Gasteiger partial charge in [0.2, 0.25) is 0 Å². The Hall–Kier alpha value is -2.68. The van der Waals surface area contributed by atoms with E-state index in [1.165, 1.54) is 28.9 Å². The maximum absolute atomic E-state index is 13.2. The Morgan fingerprint density at radius 1 is 1.43 bits per heavy atom. The lowest BCUT2D eigenvalue weighted by molar-refractivity contribution is 0.615. The number of anilines is 1. The van der Waals surface area contributed by atoms with Crippen LogP contribution in [-0.2, 0) is 6.54 Å². The third-order valence-corrected chi connectivity index (χ3v) is 2.93. The summed E-state index contributed by atoms with van der Waals surface area (Å²) in [6.45, 7) is 3.00. The molecular weight excluding hydrogens is 271 g/mol. The van der Waals surface area contributed by atoms with Gasteiger partial charge in [-0.15, -0.1) is 0 Å². The van der Waals surface area contributed by atoms with E-state index >= 15 is 0 Å². The Labute approximate surface area is 121 Å². The van der Waals surface area contributed by atoms with E-state index in [1.54, 1.807) is 12.3 Å². The summed E-state index contributed by atoms with van der Waals surface area (Å²) in [5, 5.41) is 16.0. The van der Waals surface area contributed by atoms with Crippen LogP contribution in [0.1, 0.15) is 24.5 Å². The zero-order chi connectivity index (χ0) is 15.2. The van der Waals surface area contributed by atoms with Crippen LogP contribution in [0.4, 0.5) is 10.1 Å². The number of nitrogens with one attached hydrogen (secondary N) is 1. The molecule has 0 aliphatic heterocycles. The molecule has 0 aliphatic rings. The van der Waals surface area contributed by atoms with Crippen molar-refractivity contribution in [3.05, 3.63) is 57.8 Å². The first-order valence-corrected chi connectivity index (χ1v) is 6.63. The highest BCUT2D eigenvalue weighted by Gasteiger charge is 2.05. The average molecular weight is 286 g/mol. The Morgan fingerprint density at radius 3 is 2.90 bits per heavy atom. The number of nitrogens with zero attached hydrogens (tertiary/aromatic N) is 3. The first-order valence-electron chi connectivity index (χ1n) is 6.63. The van der Waals surface area contributed by atoms with Crippen molar-refractivity contribution in [3.63, 3.8) is 0 Å². The van der Waals surface area contributed by atoms with Crippen LogP contribution in [0.2, 0.25) is 0 Å². The van der Waals surface area contributed by atoms with Gasteiger partial charge in [-0.25, -0.2) is 9.07 Å². The topological polar surface area (TPSA) is 70.7 Å². The summed E-state index contributed by atoms with van der Waals surface area (Å²) in [5.41, 5.74) is 1.03. The van der Waals surface area contributed by atoms with Gasteiger partial charge in [0, 0.05) is 12.6 Å². The van der Waals surface area contributed by atoms with Crippen molar-refractivity contribution in [3.8, 4) is 6.07 Å². The monoisotopic (exact) mass is 286 g/mol. The van der Waals surface area contributed by atoms with Crippen molar-refractivity contribution in [2.45, 2.75) is 19.9 Å². The Morgan fingerprint density at radius 2 is 2.24 bits per heavy atom. The Balaban J connectivity index is 2.20. The lowest BCUT2D eigenvalue weighted by atomic mass is 10.1. The van der Waals surface area contributed by atoms with E-state index in [0.717, 1.165) is 13.0 Å². The van der Waals surface area contributed by atoms with Crippen molar-refractivity contribution in [1.29, 1.82) is 5.26 Å². The molecule has 0 bridgehead atoms. The van der Waals surface area contributed by atoms with E-state index in [4.69, 9.17) is 5.26 Å². The van der Waals surface area contributed by atoms with E-state index in [0.29, 0.717) is 11.3 Å². The Kier molecular flexibility index (Phi) is 4.67. The van der Waals surface area contributed by atoms with Gasteiger partial charge in [-0.3, -0.25) is 4.79 Å². The second-order valence-electron chi connectivity index (χ2n) is 4.59. The minimum absolute atomic E-state index is 0.0400. The molecule has 2 rings (SSSR count). The van der Waals surface area contributed by atoms with Gasteiger partial charge in [0.15, 0.2) is 0 Å². The van der Waals surface area contributed by atoms with E-state index in [9.17, 15) is 9.18 Å². The van der Waals surface area contributed by atoms with Crippen molar-refractivity contribution < 1.29 is 4.39 Å². The number of nitriles is 1. The molecule has 0 unspecified atom stereocenters. The molecule has 1 aromatic carbocycles. The predicted octanol–water partition coefficient (Wildman–Crippen LogP) is 2.12. The quantitative estimate of drug-likeness (QED) is 0.914. The van der Waals surface area contributed by atoms with Crippen molar-refractivity contribution in [2.24, 2.45) is 0 Å². The van der Waals surface area contributed by atoms with Gasteiger partial charge in [-0.2, -0.15) is 10.4 Å². The molecular formula is C15H15FN4O. The molecule has 0 saturated carbocycles. The van der Waals surface area contributed by atoms with Crippen LogP contribution in [0.15, 0.2) is 35.3 Å².